The number of amides is 6. The van der Waals surface area contributed by atoms with Crippen molar-refractivity contribution in [3.05, 3.63) is 22.5 Å². The van der Waals surface area contributed by atoms with Gasteiger partial charge in [0.25, 0.3) is 11.8 Å². The Kier molecular flexibility index (Phi) is 29.1. The van der Waals surface area contributed by atoms with Gasteiger partial charge in [0, 0.05) is 35.5 Å². The molecule has 2 saturated heterocycles. The number of Topliss-reactive ketones (excluding diaryl/α,β-unsaturated/α-hetero) is 2. The van der Waals surface area contributed by atoms with Crippen LogP contribution in [0.15, 0.2) is 22.5 Å². The molecule has 0 spiro atoms. The molecule has 0 aliphatic carbocycles. The average molecular weight is 1100 g/mol. The molecule has 32 heteroatoms. The normalized spacial score (nSPS) is 18.9. The number of alkyl carbamates (subject to hydrolysis) is 2. The summed E-state index contributed by atoms with van der Waals surface area (Å²) in [6.45, 7) is 4.79. The Bertz CT molecular complexity index is 2130. The van der Waals surface area contributed by atoms with E-state index in [0.717, 1.165) is 33.3 Å². The molecule has 0 unspecified atom stereocenters. The average Bonchev–Trinajstić information content (AvgIpc) is 3.29. The third-order valence-electron chi connectivity index (χ3n) is 10.2. The molecule has 0 bridgehead atoms. The van der Waals surface area contributed by atoms with E-state index >= 15 is 0 Å². The monoisotopic (exact) mass is 1100 g/mol. The summed E-state index contributed by atoms with van der Waals surface area (Å²) in [5, 5.41) is 49.7. The van der Waals surface area contributed by atoms with Gasteiger partial charge in [0.1, 0.15) is 72.5 Å². The van der Waals surface area contributed by atoms with Crippen LogP contribution < -0.4 is 90.6 Å². The molecule has 6 N–H and O–H groups in total. The summed E-state index contributed by atoms with van der Waals surface area (Å²) in [5.41, 5.74) is -0.640. The van der Waals surface area contributed by atoms with Crippen LogP contribution in [0.25, 0.3) is 0 Å². The SMILES string of the molecule is CCOC(=O)N[C@H](CCCC(=O)N[C@@H]1C(=O)N2C(C(=O)[O-])=C(COC(=O)CC(C)=O)CS[C@H]12)C(=O)O.CCOC(=O)N[C@H](CCCC(=O)N[C@@H]1C(=O)N2C(C(=O)[O-])=C(COC(=O)CC(C)=O)CS[C@H]12)C(=O)O.[Na+].[Na+]. The molecule has 0 radical (unpaired) electrons. The van der Waals surface area contributed by atoms with E-state index in [1.165, 1.54) is 13.8 Å². The van der Waals surface area contributed by atoms with Crippen LogP contribution >= 0.6 is 23.5 Å². The third kappa shape index (κ3) is 19.8. The smallest absolute Gasteiger partial charge is 0.543 e. The summed E-state index contributed by atoms with van der Waals surface area (Å²) in [4.78, 5) is 166. The van der Waals surface area contributed by atoms with Crippen molar-refractivity contribution in [1.29, 1.82) is 0 Å². The molecule has 6 atom stereocenters. The molecule has 396 valence electrons. The summed E-state index contributed by atoms with van der Waals surface area (Å²) in [5.74, 6) is -10.7. The number of carbonyl (C=O) groups excluding carboxylic acids is 12. The number of rotatable bonds is 26. The number of ether oxygens (including phenoxy) is 4. The van der Waals surface area contributed by atoms with Gasteiger partial charge < -0.3 is 70.2 Å². The number of fused-ring (bicyclic) bond motifs is 2. The Morgan fingerprint density at radius 1 is 0.608 bits per heavy atom. The number of carboxylic acids is 4. The van der Waals surface area contributed by atoms with Crippen LogP contribution in [0.5, 0.6) is 0 Å². The zero-order chi connectivity index (χ0) is 54.0. The van der Waals surface area contributed by atoms with Crippen LogP contribution in [0.4, 0.5) is 9.59 Å². The number of esters is 2. The van der Waals surface area contributed by atoms with Crippen molar-refractivity contribution in [1.82, 2.24) is 31.1 Å². The first-order valence-electron chi connectivity index (χ1n) is 21.9. The number of aliphatic carboxylic acids is 4. The minimum absolute atomic E-state index is 0. The van der Waals surface area contributed by atoms with Gasteiger partial charge in [-0.2, -0.15) is 0 Å². The van der Waals surface area contributed by atoms with E-state index in [-0.39, 0.29) is 134 Å². The van der Waals surface area contributed by atoms with Gasteiger partial charge in [-0.25, -0.2) is 19.2 Å². The van der Waals surface area contributed by atoms with Gasteiger partial charge in [-0.15, -0.1) is 23.5 Å². The number of ketones is 2. The topological polar surface area (TPSA) is 417 Å². The molecule has 4 rings (SSSR count). The maximum Gasteiger partial charge on any atom is 1.00 e. The Morgan fingerprint density at radius 2 is 0.946 bits per heavy atom. The zero-order valence-electron chi connectivity index (χ0n) is 41.1. The molecule has 2 fully saturated rings. The van der Waals surface area contributed by atoms with Crippen molar-refractivity contribution >= 4 is 107 Å². The summed E-state index contributed by atoms with van der Waals surface area (Å²) < 4.78 is 19.1. The third-order valence-corrected chi connectivity index (χ3v) is 12.9. The molecule has 4 heterocycles. The van der Waals surface area contributed by atoms with Crippen molar-refractivity contribution in [2.75, 3.05) is 37.9 Å². The second-order valence-electron chi connectivity index (χ2n) is 15.8. The van der Waals surface area contributed by atoms with Crippen molar-refractivity contribution in [3.63, 3.8) is 0 Å². The maximum atomic E-state index is 12.6. The zero-order valence-corrected chi connectivity index (χ0v) is 46.8. The van der Waals surface area contributed by atoms with E-state index in [1.54, 1.807) is 13.8 Å². The van der Waals surface area contributed by atoms with Crippen LogP contribution in [0, 0.1) is 0 Å². The predicted molar refractivity (Wildman–Crippen MR) is 237 cm³/mol. The first-order chi connectivity index (χ1) is 33.9. The van der Waals surface area contributed by atoms with E-state index in [0.29, 0.717) is 0 Å². The Balaban J connectivity index is 0.000000721. The van der Waals surface area contributed by atoms with Gasteiger partial charge in [-0.1, -0.05) is 0 Å². The van der Waals surface area contributed by atoms with Gasteiger partial charge in [-0.3, -0.25) is 48.2 Å². The summed E-state index contributed by atoms with van der Waals surface area (Å²) in [6.07, 6.45) is -2.97. The molecule has 74 heavy (non-hydrogen) atoms. The van der Waals surface area contributed by atoms with Crippen molar-refractivity contribution < 1.29 is 166 Å². The van der Waals surface area contributed by atoms with Gasteiger partial charge >= 0.3 is 95.2 Å². The van der Waals surface area contributed by atoms with Crippen molar-refractivity contribution in [2.45, 2.75) is 114 Å². The number of β-lactam (4-membered cyclic amide) rings is 2. The molecule has 6 amide bonds. The largest absolute Gasteiger partial charge is 1.00 e. The molecule has 4 aliphatic rings. The predicted octanol–water partition coefficient (Wildman–Crippen LogP) is -9.43. The molecule has 0 aromatic heterocycles. The van der Waals surface area contributed by atoms with E-state index < -0.39 is 156 Å². The van der Waals surface area contributed by atoms with Crippen LogP contribution in [0.2, 0.25) is 0 Å². The van der Waals surface area contributed by atoms with Gasteiger partial charge in [-0.05, 0) is 53.4 Å². The van der Waals surface area contributed by atoms with Crippen LogP contribution in [-0.4, -0.2) is 176 Å². The molecule has 0 saturated carbocycles. The first kappa shape index (κ1) is 66.8. The fourth-order valence-corrected chi connectivity index (χ4v) is 9.63. The fourth-order valence-electron chi connectivity index (χ4n) is 6.98. The van der Waals surface area contributed by atoms with Crippen LogP contribution in [-0.2, 0) is 76.5 Å². The van der Waals surface area contributed by atoms with E-state index in [2.05, 4.69) is 30.7 Å². The van der Waals surface area contributed by atoms with E-state index in [1.807, 2.05) is 0 Å². The standard InChI is InChI=1S/2C21H27N3O11S.2Na/c2*1-3-34-21(33)22-12(19(29)30)5-4-6-13(26)23-15-17(28)24-16(20(31)32)11(9-36-18(15)24)8-35-14(27)7-10(2)25;;/h2*12,15,18H,3-9H2,1-2H3,(H,22,33)(H,23,26)(H,29,30)(H,31,32);;/q;;2*+1/p-2/t2*12-,15-,18-;;/m11../s1. The van der Waals surface area contributed by atoms with Gasteiger partial charge in [0.2, 0.25) is 11.8 Å². The molecule has 0 aromatic carbocycles. The summed E-state index contributed by atoms with van der Waals surface area (Å²) in [6, 6.07) is -4.53. The number of hydrogen-bond donors (Lipinski definition) is 6. The maximum absolute atomic E-state index is 12.6. The Morgan fingerprint density at radius 3 is 1.23 bits per heavy atom. The molecule has 28 nitrogen and oxygen atoms in total. The van der Waals surface area contributed by atoms with Crippen LogP contribution in [0.1, 0.15) is 79.1 Å². The number of thioether (sulfide) groups is 2. The number of hydrogen-bond acceptors (Lipinski definition) is 22. The summed E-state index contributed by atoms with van der Waals surface area (Å²) in [7, 11) is 0. The van der Waals surface area contributed by atoms with E-state index in [9.17, 15) is 87.5 Å². The molecular weight excluding hydrogens is 1050 g/mol. The Hall–Kier alpha value is -5.24. The minimum atomic E-state index is -1.65. The van der Waals surface area contributed by atoms with Crippen molar-refractivity contribution in [3.8, 4) is 0 Å². The second-order valence-corrected chi connectivity index (χ2v) is 18.0. The first-order valence-corrected chi connectivity index (χ1v) is 24.0. The van der Waals surface area contributed by atoms with Crippen molar-refractivity contribution in [2.24, 2.45) is 0 Å². The fraction of sp³-hybridized carbons (Fsp3) is 0.571. The van der Waals surface area contributed by atoms with Gasteiger partial charge in [0.05, 0.1) is 36.5 Å². The number of nitrogens with zero attached hydrogens (tertiary/aromatic N) is 2. The molecular formula is C42H52N6Na2O22S2. The molecule has 4 aliphatic heterocycles. The van der Waals surface area contributed by atoms with Crippen LogP contribution in [0.3, 0.4) is 0 Å². The Labute approximate surface area is 474 Å². The molecule has 0 aromatic rings. The number of carbonyl (C=O) groups is 14. The van der Waals surface area contributed by atoms with E-state index in [4.69, 9.17) is 9.47 Å². The number of carboxylic acid groups (broad SMARTS) is 4. The number of nitrogens with one attached hydrogen (secondary N) is 4. The second kappa shape index (κ2) is 32.3. The van der Waals surface area contributed by atoms with Gasteiger partial charge in [0.15, 0.2) is 0 Å². The minimum Gasteiger partial charge on any atom is -0.543 e. The summed E-state index contributed by atoms with van der Waals surface area (Å²) >= 11 is 2.30. The quantitative estimate of drug-likeness (QED) is 0.0154.